The summed E-state index contributed by atoms with van der Waals surface area (Å²) in [7, 11) is 0. The number of aromatic nitrogens is 2. The van der Waals surface area contributed by atoms with Crippen molar-refractivity contribution in [2.24, 2.45) is 0 Å². The lowest BCUT2D eigenvalue weighted by molar-refractivity contribution is 0.744. The SMILES string of the molecule is CCSC1CCC(Nc2nccc(C)n2)C1. The van der Waals surface area contributed by atoms with Crippen molar-refractivity contribution in [1.82, 2.24) is 9.97 Å². The smallest absolute Gasteiger partial charge is 0.223 e. The Kier molecular flexibility index (Phi) is 4.04. The highest BCUT2D eigenvalue weighted by atomic mass is 32.2. The minimum Gasteiger partial charge on any atom is -0.351 e. The van der Waals surface area contributed by atoms with Crippen LogP contribution >= 0.6 is 11.8 Å². The first-order valence-electron chi connectivity index (χ1n) is 5.95. The molecule has 0 bridgehead atoms. The van der Waals surface area contributed by atoms with Crippen molar-refractivity contribution in [2.45, 2.75) is 44.4 Å². The van der Waals surface area contributed by atoms with Crippen LogP contribution in [-0.4, -0.2) is 27.0 Å². The molecule has 0 saturated heterocycles. The van der Waals surface area contributed by atoms with Gasteiger partial charge < -0.3 is 5.32 Å². The first-order chi connectivity index (χ1) is 7.78. The van der Waals surface area contributed by atoms with Crippen LogP contribution in [0.5, 0.6) is 0 Å². The topological polar surface area (TPSA) is 37.8 Å². The van der Waals surface area contributed by atoms with E-state index in [9.17, 15) is 0 Å². The number of hydrogen-bond acceptors (Lipinski definition) is 4. The largest absolute Gasteiger partial charge is 0.351 e. The zero-order valence-electron chi connectivity index (χ0n) is 9.94. The van der Waals surface area contributed by atoms with Crippen molar-refractivity contribution in [1.29, 1.82) is 0 Å². The maximum absolute atomic E-state index is 4.38. The second kappa shape index (κ2) is 5.53. The molecule has 0 radical (unpaired) electrons. The van der Waals surface area contributed by atoms with Gasteiger partial charge in [0.1, 0.15) is 0 Å². The fourth-order valence-corrected chi connectivity index (χ4v) is 3.30. The highest BCUT2D eigenvalue weighted by Crippen LogP contribution is 2.30. The van der Waals surface area contributed by atoms with E-state index in [1.54, 1.807) is 0 Å². The summed E-state index contributed by atoms with van der Waals surface area (Å²) in [4.78, 5) is 8.62. The van der Waals surface area contributed by atoms with Gasteiger partial charge in [-0.3, -0.25) is 0 Å². The fourth-order valence-electron chi connectivity index (χ4n) is 2.16. The Labute approximate surface area is 101 Å². The quantitative estimate of drug-likeness (QED) is 0.874. The summed E-state index contributed by atoms with van der Waals surface area (Å²) >= 11 is 2.08. The van der Waals surface area contributed by atoms with Gasteiger partial charge in [-0.2, -0.15) is 11.8 Å². The van der Waals surface area contributed by atoms with Crippen LogP contribution in [0.25, 0.3) is 0 Å². The zero-order chi connectivity index (χ0) is 11.4. The van der Waals surface area contributed by atoms with Crippen molar-refractivity contribution in [2.75, 3.05) is 11.1 Å². The molecule has 2 atom stereocenters. The molecule has 1 heterocycles. The van der Waals surface area contributed by atoms with Crippen LogP contribution in [-0.2, 0) is 0 Å². The van der Waals surface area contributed by atoms with Crippen LogP contribution in [0.2, 0.25) is 0 Å². The van der Waals surface area contributed by atoms with Crippen LogP contribution in [0.3, 0.4) is 0 Å². The summed E-state index contributed by atoms with van der Waals surface area (Å²) < 4.78 is 0. The van der Waals surface area contributed by atoms with Gasteiger partial charge in [-0.1, -0.05) is 6.92 Å². The van der Waals surface area contributed by atoms with Gasteiger partial charge in [0.25, 0.3) is 0 Å². The predicted molar refractivity (Wildman–Crippen MR) is 70.0 cm³/mol. The number of rotatable bonds is 4. The Morgan fingerprint density at radius 1 is 1.50 bits per heavy atom. The molecule has 1 aromatic heterocycles. The van der Waals surface area contributed by atoms with Crippen molar-refractivity contribution in [3.05, 3.63) is 18.0 Å². The van der Waals surface area contributed by atoms with E-state index >= 15 is 0 Å². The van der Waals surface area contributed by atoms with Crippen LogP contribution in [0.1, 0.15) is 31.9 Å². The molecule has 0 aromatic carbocycles. The summed E-state index contributed by atoms with van der Waals surface area (Å²) in [6.45, 7) is 4.23. The Morgan fingerprint density at radius 3 is 3.12 bits per heavy atom. The van der Waals surface area contributed by atoms with Crippen molar-refractivity contribution in [3.8, 4) is 0 Å². The van der Waals surface area contributed by atoms with Crippen molar-refractivity contribution in [3.63, 3.8) is 0 Å². The van der Waals surface area contributed by atoms with Gasteiger partial charge in [0, 0.05) is 23.2 Å². The molecule has 0 amide bonds. The van der Waals surface area contributed by atoms with Gasteiger partial charge in [-0.15, -0.1) is 0 Å². The Morgan fingerprint density at radius 2 is 2.38 bits per heavy atom. The summed E-state index contributed by atoms with van der Waals surface area (Å²) in [5.41, 5.74) is 1.02. The van der Waals surface area contributed by atoms with Gasteiger partial charge in [-0.05, 0) is 38.0 Å². The number of hydrogen-bond donors (Lipinski definition) is 1. The van der Waals surface area contributed by atoms with Gasteiger partial charge in [0.15, 0.2) is 0 Å². The molecule has 2 rings (SSSR count). The van der Waals surface area contributed by atoms with E-state index in [0.717, 1.165) is 16.9 Å². The maximum atomic E-state index is 4.38. The molecule has 1 saturated carbocycles. The van der Waals surface area contributed by atoms with Crippen molar-refractivity contribution >= 4 is 17.7 Å². The van der Waals surface area contributed by atoms with Crippen LogP contribution < -0.4 is 5.32 Å². The zero-order valence-corrected chi connectivity index (χ0v) is 10.8. The Bertz CT molecular complexity index is 343. The molecular formula is C12H19N3S. The molecule has 3 nitrogen and oxygen atoms in total. The lowest BCUT2D eigenvalue weighted by atomic mass is 10.2. The number of nitrogens with zero attached hydrogens (tertiary/aromatic N) is 2. The van der Waals surface area contributed by atoms with E-state index < -0.39 is 0 Å². The summed E-state index contributed by atoms with van der Waals surface area (Å²) in [5.74, 6) is 2.00. The summed E-state index contributed by atoms with van der Waals surface area (Å²) in [5, 5.41) is 4.26. The van der Waals surface area contributed by atoms with Gasteiger partial charge >= 0.3 is 0 Å². The first-order valence-corrected chi connectivity index (χ1v) is 7.00. The standard InChI is InChI=1S/C12H19N3S/c1-3-16-11-5-4-10(8-11)15-12-13-7-6-9(2)14-12/h6-7,10-11H,3-5,8H2,1-2H3,(H,13,14,15). The van der Waals surface area contributed by atoms with E-state index in [1.165, 1.54) is 25.0 Å². The number of aryl methyl sites for hydroxylation is 1. The monoisotopic (exact) mass is 237 g/mol. The Balaban J connectivity index is 1.87. The minimum absolute atomic E-state index is 0.561. The second-order valence-corrected chi connectivity index (χ2v) is 5.83. The molecule has 2 unspecified atom stereocenters. The van der Waals surface area contributed by atoms with Gasteiger partial charge in [0.05, 0.1) is 0 Å². The molecular weight excluding hydrogens is 218 g/mol. The van der Waals surface area contributed by atoms with Crippen LogP contribution in [0.4, 0.5) is 5.95 Å². The van der Waals surface area contributed by atoms with E-state index in [0.29, 0.717) is 6.04 Å². The van der Waals surface area contributed by atoms with E-state index in [1.807, 2.05) is 19.2 Å². The van der Waals surface area contributed by atoms with Gasteiger partial charge in [-0.25, -0.2) is 9.97 Å². The fraction of sp³-hybridized carbons (Fsp3) is 0.667. The van der Waals surface area contributed by atoms with Crippen LogP contribution in [0, 0.1) is 6.92 Å². The third-order valence-corrected chi connectivity index (χ3v) is 4.15. The first kappa shape index (κ1) is 11.7. The number of anilines is 1. The summed E-state index contributed by atoms with van der Waals surface area (Å²) in [6, 6.07) is 2.49. The van der Waals surface area contributed by atoms with E-state index in [2.05, 4.69) is 34.0 Å². The lowest BCUT2D eigenvalue weighted by Crippen LogP contribution is -2.18. The molecule has 1 fully saturated rings. The third-order valence-electron chi connectivity index (χ3n) is 2.91. The summed E-state index contributed by atoms with van der Waals surface area (Å²) in [6.07, 6.45) is 5.63. The third kappa shape index (κ3) is 3.11. The highest BCUT2D eigenvalue weighted by molar-refractivity contribution is 7.99. The normalized spacial score (nSPS) is 24.6. The number of thioether (sulfide) groups is 1. The van der Waals surface area contributed by atoms with Crippen LogP contribution in [0.15, 0.2) is 12.3 Å². The molecule has 1 aliphatic carbocycles. The Hall–Kier alpha value is -0.770. The van der Waals surface area contributed by atoms with Gasteiger partial charge in [0.2, 0.25) is 5.95 Å². The second-order valence-electron chi connectivity index (χ2n) is 4.25. The molecule has 1 aromatic rings. The lowest BCUT2D eigenvalue weighted by Gasteiger charge is -2.12. The maximum Gasteiger partial charge on any atom is 0.223 e. The average Bonchev–Trinajstić information content (AvgIpc) is 2.66. The predicted octanol–water partition coefficient (Wildman–Crippen LogP) is 2.87. The van der Waals surface area contributed by atoms with E-state index in [4.69, 9.17) is 0 Å². The van der Waals surface area contributed by atoms with Crippen molar-refractivity contribution < 1.29 is 0 Å². The molecule has 88 valence electrons. The molecule has 0 aliphatic heterocycles. The minimum atomic E-state index is 0.561. The number of nitrogens with one attached hydrogen (secondary N) is 1. The van der Waals surface area contributed by atoms with E-state index in [-0.39, 0.29) is 0 Å². The molecule has 1 N–H and O–H groups in total. The molecule has 1 aliphatic rings. The molecule has 4 heteroatoms. The highest BCUT2D eigenvalue weighted by Gasteiger charge is 2.24. The molecule has 16 heavy (non-hydrogen) atoms. The molecule has 0 spiro atoms. The average molecular weight is 237 g/mol.